The van der Waals surface area contributed by atoms with Crippen LogP contribution in [0.1, 0.15) is 11.1 Å². The molecule has 4 heteroatoms. The highest BCUT2D eigenvalue weighted by Gasteiger charge is 2.06. The second-order valence-electron chi connectivity index (χ2n) is 4.04. The molecule has 2 rings (SSSR count). The van der Waals surface area contributed by atoms with Crippen LogP contribution in [0.25, 0.3) is 11.3 Å². The van der Waals surface area contributed by atoms with Gasteiger partial charge in [0.05, 0.1) is 10.6 Å². The summed E-state index contributed by atoms with van der Waals surface area (Å²) in [7, 11) is 0. The smallest absolute Gasteiger partial charge is 0.258 e. The Morgan fingerprint density at radius 2 is 1.76 bits per heavy atom. The number of aryl methyl sites for hydroxylation is 2. The Hall–Kier alpha value is -2.23. The number of rotatable bonds is 2. The molecule has 0 aliphatic rings. The summed E-state index contributed by atoms with van der Waals surface area (Å²) in [5.74, 6) is 0. The van der Waals surface area contributed by atoms with Gasteiger partial charge in [-0.05, 0) is 32.0 Å². The zero-order chi connectivity index (χ0) is 12.4. The highest BCUT2D eigenvalue weighted by molar-refractivity contribution is 5.61. The van der Waals surface area contributed by atoms with Crippen LogP contribution in [-0.4, -0.2) is 9.91 Å². The van der Waals surface area contributed by atoms with E-state index in [2.05, 4.69) is 11.1 Å². The van der Waals surface area contributed by atoms with Crippen LogP contribution in [-0.2, 0) is 0 Å². The van der Waals surface area contributed by atoms with Crippen molar-refractivity contribution in [2.24, 2.45) is 0 Å². The fraction of sp³-hybridized carbons (Fsp3) is 0.154. The SMILES string of the molecule is Cc1cc(C)cc(-c2ccc([N+](=O)[O-])cn2)c1. The first-order valence-electron chi connectivity index (χ1n) is 5.25. The number of benzene rings is 1. The summed E-state index contributed by atoms with van der Waals surface area (Å²) in [4.78, 5) is 14.2. The topological polar surface area (TPSA) is 56.0 Å². The van der Waals surface area contributed by atoms with Crippen LogP contribution < -0.4 is 0 Å². The molecule has 0 spiro atoms. The second kappa shape index (κ2) is 4.33. The number of nitro groups is 1. The molecule has 0 unspecified atom stereocenters. The summed E-state index contributed by atoms with van der Waals surface area (Å²) in [5, 5.41) is 10.5. The highest BCUT2D eigenvalue weighted by Crippen LogP contribution is 2.21. The van der Waals surface area contributed by atoms with Crippen molar-refractivity contribution < 1.29 is 4.92 Å². The van der Waals surface area contributed by atoms with E-state index in [9.17, 15) is 10.1 Å². The minimum absolute atomic E-state index is 0.0122. The number of hydrogen-bond donors (Lipinski definition) is 0. The first kappa shape index (κ1) is 11.3. The largest absolute Gasteiger partial charge is 0.287 e. The molecular weight excluding hydrogens is 216 g/mol. The highest BCUT2D eigenvalue weighted by atomic mass is 16.6. The molecule has 0 N–H and O–H groups in total. The van der Waals surface area contributed by atoms with Crippen LogP contribution in [0.4, 0.5) is 5.69 Å². The summed E-state index contributed by atoms with van der Waals surface area (Å²) in [6.07, 6.45) is 1.28. The van der Waals surface area contributed by atoms with Gasteiger partial charge in [0, 0.05) is 11.6 Å². The van der Waals surface area contributed by atoms with Crippen molar-refractivity contribution in [2.75, 3.05) is 0 Å². The number of hydrogen-bond acceptors (Lipinski definition) is 3. The Morgan fingerprint density at radius 3 is 2.24 bits per heavy atom. The maximum absolute atomic E-state index is 10.5. The van der Waals surface area contributed by atoms with Crippen molar-refractivity contribution in [3.8, 4) is 11.3 Å². The number of pyridine rings is 1. The van der Waals surface area contributed by atoms with Crippen LogP contribution in [0.5, 0.6) is 0 Å². The van der Waals surface area contributed by atoms with Crippen LogP contribution in [0.2, 0.25) is 0 Å². The molecule has 0 aliphatic heterocycles. The molecule has 0 atom stereocenters. The van der Waals surface area contributed by atoms with E-state index in [1.54, 1.807) is 6.07 Å². The minimum Gasteiger partial charge on any atom is -0.258 e. The summed E-state index contributed by atoms with van der Waals surface area (Å²) in [6, 6.07) is 9.25. The average Bonchev–Trinajstić information content (AvgIpc) is 2.28. The van der Waals surface area contributed by atoms with Gasteiger partial charge in [0.25, 0.3) is 5.69 Å². The maximum Gasteiger partial charge on any atom is 0.287 e. The van der Waals surface area contributed by atoms with Gasteiger partial charge in [0.2, 0.25) is 0 Å². The predicted octanol–water partition coefficient (Wildman–Crippen LogP) is 3.27. The molecule has 86 valence electrons. The Kier molecular flexibility index (Phi) is 2.87. The number of aromatic nitrogens is 1. The zero-order valence-electron chi connectivity index (χ0n) is 9.68. The van der Waals surface area contributed by atoms with E-state index in [4.69, 9.17) is 0 Å². The maximum atomic E-state index is 10.5. The average molecular weight is 228 g/mol. The first-order chi connectivity index (χ1) is 8.06. The van der Waals surface area contributed by atoms with E-state index >= 15 is 0 Å². The lowest BCUT2D eigenvalue weighted by Crippen LogP contribution is -1.90. The van der Waals surface area contributed by atoms with E-state index in [-0.39, 0.29) is 5.69 Å². The fourth-order valence-corrected chi connectivity index (χ4v) is 1.79. The third-order valence-electron chi connectivity index (χ3n) is 2.48. The molecule has 0 amide bonds. The normalized spacial score (nSPS) is 10.2. The summed E-state index contributed by atoms with van der Waals surface area (Å²) < 4.78 is 0. The molecule has 0 aliphatic carbocycles. The molecule has 1 aromatic carbocycles. The monoisotopic (exact) mass is 228 g/mol. The molecule has 2 aromatic rings. The quantitative estimate of drug-likeness (QED) is 0.585. The van der Waals surface area contributed by atoms with E-state index in [0.29, 0.717) is 0 Å². The molecule has 1 heterocycles. The summed E-state index contributed by atoms with van der Waals surface area (Å²) in [5.41, 5.74) is 4.05. The van der Waals surface area contributed by atoms with Gasteiger partial charge < -0.3 is 0 Å². The predicted molar refractivity (Wildman–Crippen MR) is 65.8 cm³/mol. The van der Waals surface area contributed by atoms with Gasteiger partial charge in [-0.1, -0.05) is 17.2 Å². The van der Waals surface area contributed by atoms with E-state index in [1.807, 2.05) is 26.0 Å². The lowest BCUT2D eigenvalue weighted by Gasteiger charge is -2.04. The Labute approximate surface area is 99.1 Å². The molecule has 0 radical (unpaired) electrons. The van der Waals surface area contributed by atoms with Gasteiger partial charge in [0.15, 0.2) is 0 Å². The van der Waals surface area contributed by atoms with Crippen molar-refractivity contribution in [1.29, 1.82) is 0 Å². The molecule has 0 saturated carbocycles. The van der Waals surface area contributed by atoms with Gasteiger partial charge in [-0.3, -0.25) is 10.1 Å². The van der Waals surface area contributed by atoms with E-state index < -0.39 is 4.92 Å². The molecule has 0 saturated heterocycles. The second-order valence-corrected chi connectivity index (χ2v) is 4.04. The van der Waals surface area contributed by atoms with Gasteiger partial charge in [-0.25, -0.2) is 4.98 Å². The summed E-state index contributed by atoms with van der Waals surface area (Å²) in [6.45, 7) is 4.03. The lowest BCUT2D eigenvalue weighted by molar-refractivity contribution is -0.385. The Balaban J connectivity index is 2.43. The molecule has 1 aromatic heterocycles. The zero-order valence-corrected chi connectivity index (χ0v) is 9.68. The molecule has 0 fully saturated rings. The standard InChI is InChI=1S/C13H12N2O2/c1-9-5-10(2)7-11(6-9)13-4-3-12(8-14-13)15(16)17/h3-8H,1-2H3. The van der Waals surface area contributed by atoms with Gasteiger partial charge >= 0.3 is 0 Å². The van der Waals surface area contributed by atoms with Crippen LogP contribution in [0.15, 0.2) is 36.5 Å². The molecule has 17 heavy (non-hydrogen) atoms. The van der Waals surface area contributed by atoms with E-state index in [0.717, 1.165) is 22.4 Å². The Bertz CT molecular complexity index is 542. The molecule has 0 bridgehead atoms. The van der Waals surface area contributed by atoms with Crippen molar-refractivity contribution in [3.63, 3.8) is 0 Å². The van der Waals surface area contributed by atoms with Crippen molar-refractivity contribution in [1.82, 2.24) is 4.98 Å². The van der Waals surface area contributed by atoms with Crippen molar-refractivity contribution in [3.05, 3.63) is 57.8 Å². The van der Waals surface area contributed by atoms with Crippen LogP contribution in [0, 0.1) is 24.0 Å². The third kappa shape index (κ3) is 2.47. The van der Waals surface area contributed by atoms with Gasteiger partial charge in [-0.2, -0.15) is 0 Å². The summed E-state index contributed by atoms with van der Waals surface area (Å²) >= 11 is 0. The van der Waals surface area contributed by atoms with Crippen molar-refractivity contribution >= 4 is 5.69 Å². The van der Waals surface area contributed by atoms with Crippen molar-refractivity contribution in [2.45, 2.75) is 13.8 Å². The first-order valence-corrected chi connectivity index (χ1v) is 5.25. The molecule has 4 nitrogen and oxygen atoms in total. The lowest BCUT2D eigenvalue weighted by atomic mass is 10.0. The van der Waals surface area contributed by atoms with E-state index in [1.165, 1.54) is 12.3 Å². The minimum atomic E-state index is -0.446. The van der Waals surface area contributed by atoms with Crippen LogP contribution >= 0.6 is 0 Å². The van der Waals surface area contributed by atoms with Gasteiger partial charge in [-0.15, -0.1) is 0 Å². The van der Waals surface area contributed by atoms with Gasteiger partial charge in [0.1, 0.15) is 6.20 Å². The van der Waals surface area contributed by atoms with Crippen LogP contribution in [0.3, 0.4) is 0 Å². The third-order valence-corrected chi connectivity index (χ3v) is 2.48. The Morgan fingerprint density at radius 1 is 1.12 bits per heavy atom. The molecular formula is C13H12N2O2. The number of nitrogens with zero attached hydrogens (tertiary/aromatic N) is 2. The fourth-order valence-electron chi connectivity index (χ4n) is 1.79.